The van der Waals surface area contributed by atoms with Crippen molar-refractivity contribution in [2.45, 2.75) is 4.90 Å². The molecule has 0 heterocycles. The summed E-state index contributed by atoms with van der Waals surface area (Å²) in [7, 11) is -1.14. The van der Waals surface area contributed by atoms with Gasteiger partial charge in [0.2, 0.25) is 10.0 Å². The van der Waals surface area contributed by atoms with E-state index in [9.17, 15) is 17.6 Å². The highest BCUT2D eigenvalue weighted by atomic mass is 35.5. The average Bonchev–Trinajstić information content (AvgIpc) is 2.64. The van der Waals surface area contributed by atoms with Gasteiger partial charge in [-0.15, -0.1) is 0 Å². The third-order valence-electron chi connectivity index (χ3n) is 3.52. The molecule has 0 atom stereocenters. The summed E-state index contributed by atoms with van der Waals surface area (Å²) in [5.41, 5.74) is 2.15. The normalized spacial score (nSPS) is 11.7. The number of rotatable bonds is 7. The molecule has 0 bridgehead atoms. The van der Waals surface area contributed by atoms with E-state index in [1.54, 1.807) is 0 Å². The van der Waals surface area contributed by atoms with Crippen LogP contribution in [0.4, 0.5) is 4.39 Å². The van der Waals surface area contributed by atoms with E-state index >= 15 is 0 Å². The molecule has 2 rings (SSSR count). The highest BCUT2D eigenvalue weighted by molar-refractivity contribution is 7.89. The van der Waals surface area contributed by atoms with Crippen LogP contribution >= 0.6 is 11.6 Å². The number of methoxy groups -OCH3 is 1. The summed E-state index contributed by atoms with van der Waals surface area (Å²) in [6.07, 6.45) is 1.05. The van der Waals surface area contributed by atoms with E-state index in [1.165, 1.54) is 56.6 Å². The van der Waals surface area contributed by atoms with Gasteiger partial charge in [-0.05, 0) is 36.4 Å². The number of hydrogen-bond donors (Lipinski definition) is 1. The molecule has 0 aliphatic carbocycles. The second kappa shape index (κ2) is 8.94. The first-order valence-corrected chi connectivity index (χ1v) is 9.44. The Balaban J connectivity index is 2.00. The van der Waals surface area contributed by atoms with Crippen LogP contribution in [0.3, 0.4) is 0 Å². The summed E-state index contributed by atoms with van der Waals surface area (Å²) in [6.45, 7) is -0.475. The van der Waals surface area contributed by atoms with Crippen molar-refractivity contribution < 1.29 is 22.3 Å². The topological polar surface area (TPSA) is 88.1 Å². The van der Waals surface area contributed by atoms with E-state index < -0.39 is 28.3 Å². The number of halogens is 2. The molecule has 0 spiro atoms. The highest BCUT2D eigenvalue weighted by Gasteiger charge is 2.22. The molecule has 144 valence electrons. The van der Waals surface area contributed by atoms with Gasteiger partial charge in [-0.1, -0.05) is 17.7 Å². The molecule has 27 heavy (non-hydrogen) atoms. The Bertz CT molecular complexity index is 929. The van der Waals surface area contributed by atoms with E-state index in [0.717, 1.165) is 10.5 Å². The molecule has 0 unspecified atom stereocenters. The van der Waals surface area contributed by atoms with Crippen molar-refractivity contribution in [3.8, 4) is 5.75 Å². The van der Waals surface area contributed by atoms with Crippen molar-refractivity contribution in [3.05, 3.63) is 58.9 Å². The molecular formula is C17H17ClFN3O4S. The first kappa shape index (κ1) is 20.8. The zero-order chi connectivity index (χ0) is 20.0. The van der Waals surface area contributed by atoms with Crippen LogP contribution in [0.5, 0.6) is 5.75 Å². The van der Waals surface area contributed by atoms with Gasteiger partial charge in [-0.25, -0.2) is 18.2 Å². The van der Waals surface area contributed by atoms with Gasteiger partial charge >= 0.3 is 0 Å². The van der Waals surface area contributed by atoms with Crippen LogP contribution in [-0.4, -0.2) is 45.5 Å². The predicted molar refractivity (Wildman–Crippen MR) is 100.0 cm³/mol. The molecule has 0 radical (unpaired) electrons. The second-order valence-corrected chi connectivity index (χ2v) is 7.82. The molecule has 1 amide bonds. The molecule has 7 nitrogen and oxygen atoms in total. The molecule has 2 aromatic carbocycles. The standard InChI is InChI=1S/C17H17ClFN3O4S/c1-22(27(24,25)13-8-6-12(26-2)7-9-13)11-17(23)21-20-10-14-15(18)4-3-5-16(14)19/h3-10H,11H2,1-2H3,(H,21,23)/b20-10-. The number of carbonyl (C=O) groups is 1. The van der Waals surface area contributed by atoms with Crippen LogP contribution in [0.1, 0.15) is 5.56 Å². The molecule has 0 saturated carbocycles. The lowest BCUT2D eigenvalue weighted by atomic mass is 10.2. The minimum atomic E-state index is -3.87. The number of amides is 1. The lowest BCUT2D eigenvalue weighted by Gasteiger charge is -2.16. The van der Waals surface area contributed by atoms with Gasteiger partial charge in [0.1, 0.15) is 11.6 Å². The summed E-state index contributed by atoms with van der Waals surface area (Å²) < 4.78 is 44.4. The van der Waals surface area contributed by atoms with Gasteiger partial charge in [0, 0.05) is 12.6 Å². The van der Waals surface area contributed by atoms with Crippen LogP contribution in [0, 0.1) is 5.82 Å². The predicted octanol–water partition coefficient (Wildman–Crippen LogP) is 2.26. The fourth-order valence-corrected chi connectivity index (χ4v) is 3.39. The number of sulfonamides is 1. The number of ether oxygens (including phenoxy) is 1. The van der Waals surface area contributed by atoms with E-state index in [4.69, 9.17) is 16.3 Å². The molecule has 1 N–H and O–H groups in total. The molecule has 2 aromatic rings. The number of likely N-dealkylation sites (N-methyl/N-ethyl adjacent to an activating group) is 1. The van der Waals surface area contributed by atoms with Crippen molar-refractivity contribution in [1.29, 1.82) is 0 Å². The number of carbonyl (C=O) groups excluding carboxylic acids is 1. The molecule has 0 aromatic heterocycles. The van der Waals surface area contributed by atoms with Crippen LogP contribution in [-0.2, 0) is 14.8 Å². The molecule has 10 heteroatoms. The van der Waals surface area contributed by atoms with E-state index in [1.807, 2.05) is 0 Å². The zero-order valence-corrected chi connectivity index (χ0v) is 16.1. The second-order valence-electron chi connectivity index (χ2n) is 5.37. The molecule has 0 saturated heterocycles. The van der Waals surface area contributed by atoms with Gasteiger partial charge in [-0.2, -0.15) is 9.41 Å². The largest absolute Gasteiger partial charge is 0.497 e. The van der Waals surface area contributed by atoms with Crippen molar-refractivity contribution in [3.63, 3.8) is 0 Å². The summed E-state index contributed by atoms with van der Waals surface area (Å²) >= 11 is 5.84. The first-order valence-electron chi connectivity index (χ1n) is 7.62. The van der Waals surface area contributed by atoms with Crippen LogP contribution < -0.4 is 10.2 Å². The molecular weight excluding hydrogens is 397 g/mol. The van der Waals surface area contributed by atoms with E-state index in [2.05, 4.69) is 10.5 Å². The van der Waals surface area contributed by atoms with Gasteiger partial charge in [0.25, 0.3) is 5.91 Å². The Morgan fingerprint density at radius 2 is 1.96 bits per heavy atom. The summed E-state index contributed by atoms with van der Waals surface area (Å²) in [4.78, 5) is 11.9. The lowest BCUT2D eigenvalue weighted by Crippen LogP contribution is -2.36. The Labute approximate surface area is 161 Å². The highest BCUT2D eigenvalue weighted by Crippen LogP contribution is 2.18. The van der Waals surface area contributed by atoms with Gasteiger partial charge in [-0.3, -0.25) is 4.79 Å². The molecule has 0 fully saturated rings. The average molecular weight is 414 g/mol. The minimum absolute atomic E-state index is 0.0127. The Morgan fingerprint density at radius 1 is 1.30 bits per heavy atom. The van der Waals surface area contributed by atoms with E-state index in [-0.39, 0.29) is 15.5 Å². The van der Waals surface area contributed by atoms with E-state index in [0.29, 0.717) is 5.75 Å². The van der Waals surface area contributed by atoms with Crippen LogP contribution in [0.2, 0.25) is 5.02 Å². The monoisotopic (exact) mass is 413 g/mol. The Kier molecular flexibility index (Phi) is 6.89. The van der Waals surface area contributed by atoms with Crippen molar-refractivity contribution in [1.82, 2.24) is 9.73 Å². The molecule has 0 aliphatic rings. The third-order valence-corrected chi connectivity index (χ3v) is 5.66. The van der Waals surface area contributed by atoms with Gasteiger partial charge < -0.3 is 4.74 Å². The van der Waals surface area contributed by atoms with Crippen LogP contribution in [0.15, 0.2) is 52.5 Å². The summed E-state index contributed by atoms with van der Waals surface area (Å²) in [5.74, 6) is -0.784. The Hall–Kier alpha value is -2.49. The first-order chi connectivity index (χ1) is 12.8. The van der Waals surface area contributed by atoms with Gasteiger partial charge in [0.15, 0.2) is 0 Å². The molecule has 0 aliphatic heterocycles. The number of hydrazone groups is 1. The number of nitrogens with zero attached hydrogens (tertiary/aromatic N) is 2. The van der Waals surface area contributed by atoms with Crippen molar-refractivity contribution in [2.24, 2.45) is 5.10 Å². The smallest absolute Gasteiger partial charge is 0.255 e. The van der Waals surface area contributed by atoms with Crippen molar-refractivity contribution >= 4 is 33.7 Å². The fourth-order valence-electron chi connectivity index (χ4n) is 2.05. The maximum Gasteiger partial charge on any atom is 0.255 e. The summed E-state index contributed by atoms with van der Waals surface area (Å²) in [6, 6.07) is 9.87. The third kappa shape index (κ3) is 5.25. The lowest BCUT2D eigenvalue weighted by molar-refractivity contribution is -0.121. The number of nitrogens with one attached hydrogen (secondary N) is 1. The van der Waals surface area contributed by atoms with Crippen LogP contribution in [0.25, 0.3) is 0 Å². The number of hydrogen-bond acceptors (Lipinski definition) is 5. The number of benzene rings is 2. The minimum Gasteiger partial charge on any atom is -0.497 e. The van der Waals surface area contributed by atoms with Gasteiger partial charge in [0.05, 0.1) is 29.8 Å². The maximum atomic E-state index is 13.6. The zero-order valence-electron chi connectivity index (χ0n) is 14.5. The quantitative estimate of drug-likeness (QED) is 0.557. The maximum absolute atomic E-state index is 13.6. The summed E-state index contributed by atoms with van der Waals surface area (Å²) in [5, 5.41) is 3.74. The SMILES string of the molecule is COc1ccc(S(=O)(=O)N(C)CC(=O)N/N=C\c2c(F)cccc2Cl)cc1. The Morgan fingerprint density at radius 3 is 2.56 bits per heavy atom. The van der Waals surface area contributed by atoms with Crippen molar-refractivity contribution in [2.75, 3.05) is 20.7 Å². The fraction of sp³-hybridized carbons (Fsp3) is 0.176.